The molecular formula is C23H21N3O4S. The van der Waals surface area contributed by atoms with Gasteiger partial charge in [0.2, 0.25) is 5.91 Å². The van der Waals surface area contributed by atoms with Crippen LogP contribution in [0.2, 0.25) is 0 Å². The minimum atomic E-state index is -0.437. The van der Waals surface area contributed by atoms with Crippen molar-refractivity contribution in [3.63, 3.8) is 0 Å². The van der Waals surface area contributed by atoms with Gasteiger partial charge in [0.1, 0.15) is 12.4 Å². The lowest BCUT2D eigenvalue weighted by atomic mass is 10.2. The van der Waals surface area contributed by atoms with E-state index >= 15 is 0 Å². The number of para-hydroxylation sites is 1. The Balaban J connectivity index is 1.44. The van der Waals surface area contributed by atoms with E-state index in [2.05, 4.69) is 10.5 Å². The average molecular weight is 436 g/mol. The summed E-state index contributed by atoms with van der Waals surface area (Å²) < 4.78 is 5.87. The molecule has 0 radical (unpaired) electrons. The molecule has 0 aliphatic carbocycles. The van der Waals surface area contributed by atoms with Crippen LogP contribution in [0.15, 0.2) is 84.0 Å². The third kappa shape index (κ3) is 7.27. The second-order valence-electron chi connectivity index (χ2n) is 6.52. The number of nitrogens with one attached hydrogen (secondary N) is 1. The van der Waals surface area contributed by atoms with Gasteiger partial charge in [0, 0.05) is 23.4 Å². The number of nitro groups is 1. The zero-order valence-electron chi connectivity index (χ0n) is 16.6. The van der Waals surface area contributed by atoms with Gasteiger partial charge in [-0.15, -0.1) is 11.8 Å². The standard InChI is InChI=1S/C23H21N3O4S/c27-23(17-31-16-19-10-12-21(13-11-19)26(28)29)25-24-14-20-8-4-5-9-22(20)30-15-18-6-2-1-3-7-18/h1-14H,15-17H2,(H,25,27)/b24-14+. The third-order valence-corrected chi connectivity index (χ3v) is 5.20. The number of nitro benzene ring substituents is 1. The second kappa shape index (κ2) is 11.5. The van der Waals surface area contributed by atoms with Crippen LogP contribution < -0.4 is 10.2 Å². The summed E-state index contributed by atoms with van der Waals surface area (Å²) in [7, 11) is 0. The highest BCUT2D eigenvalue weighted by Gasteiger charge is 2.06. The van der Waals surface area contributed by atoms with Gasteiger partial charge in [0.25, 0.3) is 5.69 Å². The SMILES string of the molecule is O=C(CSCc1ccc([N+](=O)[O-])cc1)N/N=C/c1ccccc1OCc1ccccc1. The molecular weight excluding hydrogens is 414 g/mol. The maximum Gasteiger partial charge on any atom is 0.269 e. The fourth-order valence-corrected chi connectivity index (χ4v) is 3.42. The third-order valence-electron chi connectivity index (χ3n) is 4.20. The van der Waals surface area contributed by atoms with Crippen molar-refractivity contribution in [1.82, 2.24) is 5.43 Å². The Morgan fingerprint density at radius 2 is 1.71 bits per heavy atom. The molecule has 0 saturated carbocycles. The van der Waals surface area contributed by atoms with E-state index in [0.29, 0.717) is 18.1 Å². The monoisotopic (exact) mass is 435 g/mol. The van der Waals surface area contributed by atoms with Crippen LogP contribution in [-0.2, 0) is 17.2 Å². The molecule has 31 heavy (non-hydrogen) atoms. The minimum absolute atomic E-state index is 0.0499. The molecule has 3 aromatic carbocycles. The lowest BCUT2D eigenvalue weighted by molar-refractivity contribution is -0.384. The van der Waals surface area contributed by atoms with E-state index in [-0.39, 0.29) is 17.3 Å². The largest absolute Gasteiger partial charge is 0.488 e. The van der Waals surface area contributed by atoms with Crippen LogP contribution in [-0.4, -0.2) is 22.8 Å². The minimum Gasteiger partial charge on any atom is -0.488 e. The molecule has 1 N–H and O–H groups in total. The Labute approximate surface area is 184 Å². The maximum absolute atomic E-state index is 12.0. The van der Waals surface area contributed by atoms with Crippen LogP contribution in [0.25, 0.3) is 0 Å². The smallest absolute Gasteiger partial charge is 0.269 e. The van der Waals surface area contributed by atoms with Crippen LogP contribution in [0.3, 0.4) is 0 Å². The molecule has 158 valence electrons. The van der Waals surface area contributed by atoms with Gasteiger partial charge in [-0.1, -0.05) is 54.6 Å². The quantitative estimate of drug-likeness (QED) is 0.286. The van der Waals surface area contributed by atoms with E-state index in [1.807, 2.05) is 54.6 Å². The number of benzene rings is 3. The molecule has 0 aliphatic heterocycles. The molecule has 0 unspecified atom stereocenters. The summed E-state index contributed by atoms with van der Waals surface area (Å²) in [6, 6.07) is 23.6. The van der Waals surface area contributed by atoms with Gasteiger partial charge >= 0.3 is 0 Å². The number of thioether (sulfide) groups is 1. The molecule has 0 bridgehead atoms. The van der Waals surface area contributed by atoms with Gasteiger partial charge in [0.05, 0.1) is 16.9 Å². The van der Waals surface area contributed by atoms with E-state index in [4.69, 9.17) is 4.74 Å². The van der Waals surface area contributed by atoms with Crippen molar-refractivity contribution in [2.24, 2.45) is 5.10 Å². The first-order valence-corrected chi connectivity index (χ1v) is 10.7. The average Bonchev–Trinajstić information content (AvgIpc) is 2.79. The molecule has 0 aromatic heterocycles. The highest BCUT2D eigenvalue weighted by molar-refractivity contribution is 7.99. The van der Waals surface area contributed by atoms with Gasteiger partial charge in [-0.25, -0.2) is 5.43 Å². The molecule has 8 heteroatoms. The number of amides is 1. The van der Waals surface area contributed by atoms with Crippen molar-refractivity contribution in [2.45, 2.75) is 12.4 Å². The van der Waals surface area contributed by atoms with Crippen molar-refractivity contribution < 1.29 is 14.5 Å². The van der Waals surface area contributed by atoms with Crippen LogP contribution in [0.5, 0.6) is 5.75 Å². The number of carbonyl (C=O) groups is 1. The van der Waals surface area contributed by atoms with E-state index in [9.17, 15) is 14.9 Å². The van der Waals surface area contributed by atoms with E-state index < -0.39 is 4.92 Å². The summed E-state index contributed by atoms with van der Waals surface area (Å²) in [5, 5.41) is 14.7. The first-order valence-electron chi connectivity index (χ1n) is 9.50. The number of ether oxygens (including phenoxy) is 1. The van der Waals surface area contributed by atoms with Crippen LogP contribution in [0, 0.1) is 10.1 Å². The van der Waals surface area contributed by atoms with E-state index in [1.54, 1.807) is 18.3 Å². The van der Waals surface area contributed by atoms with Crippen LogP contribution in [0.1, 0.15) is 16.7 Å². The van der Waals surface area contributed by atoms with E-state index in [1.165, 1.54) is 23.9 Å². The normalized spacial score (nSPS) is 10.7. The molecule has 3 aromatic rings. The number of rotatable bonds is 10. The molecule has 0 aliphatic rings. The van der Waals surface area contributed by atoms with Gasteiger partial charge in [-0.3, -0.25) is 14.9 Å². The number of hydrogen-bond acceptors (Lipinski definition) is 6. The van der Waals surface area contributed by atoms with Crippen molar-refractivity contribution in [1.29, 1.82) is 0 Å². The molecule has 0 saturated heterocycles. The number of nitrogens with zero attached hydrogens (tertiary/aromatic N) is 2. The second-order valence-corrected chi connectivity index (χ2v) is 7.51. The summed E-state index contributed by atoms with van der Waals surface area (Å²) in [5.41, 5.74) is 5.29. The summed E-state index contributed by atoms with van der Waals surface area (Å²) in [6.45, 7) is 0.442. The highest BCUT2D eigenvalue weighted by Crippen LogP contribution is 2.18. The number of carbonyl (C=O) groups excluding carboxylic acids is 1. The van der Waals surface area contributed by atoms with Crippen molar-refractivity contribution in [2.75, 3.05) is 5.75 Å². The summed E-state index contributed by atoms with van der Waals surface area (Å²) in [5.74, 6) is 1.24. The molecule has 1 amide bonds. The van der Waals surface area contributed by atoms with Gasteiger partial charge in [0.15, 0.2) is 0 Å². The van der Waals surface area contributed by atoms with Crippen molar-refractivity contribution in [3.8, 4) is 5.75 Å². The molecule has 0 heterocycles. The van der Waals surface area contributed by atoms with Gasteiger partial charge in [-0.2, -0.15) is 5.10 Å². The number of non-ortho nitro benzene ring substituents is 1. The van der Waals surface area contributed by atoms with E-state index in [0.717, 1.165) is 16.7 Å². The maximum atomic E-state index is 12.0. The first-order chi connectivity index (χ1) is 15.1. The summed E-state index contributed by atoms with van der Waals surface area (Å²) in [4.78, 5) is 22.2. The molecule has 0 atom stereocenters. The Morgan fingerprint density at radius 3 is 2.45 bits per heavy atom. The van der Waals surface area contributed by atoms with Crippen molar-refractivity contribution >= 4 is 29.6 Å². The van der Waals surface area contributed by atoms with Gasteiger partial charge in [-0.05, 0) is 23.3 Å². The van der Waals surface area contributed by atoms with Crippen molar-refractivity contribution in [3.05, 3.63) is 106 Å². The fraction of sp³-hybridized carbons (Fsp3) is 0.130. The number of hydrazone groups is 1. The Kier molecular flexibility index (Phi) is 8.19. The lowest BCUT2D eigenvalue weighted by Gasteiger charge is -2.09. The Bertz CT molecular complexity index is 1040. The first kappa shape index (κ1) is 22.0. The zero-order chi connectivity index (χ0) is 21.9. The zero-order valence-corrected chi connectivity index (χ0v) is 17.5. The Hall–Kier alpha value is -3.65. The van der Waals surface area contributed by atoms with Crippen LogP contribution >= 0.6 is 11.8 Å². The summed E-state index contributed by atoms with van der Waals surface area (Å²) in [6.07, 6.45) is 1.55. The lowest BCUT2D eigenvalue weighted by Crippen LogP contribution is -2.19. The topological polar surface area (TPSA) is 93.8 Å². The molecule has 7 nitrogen and oxygen atoms in total. The fourth-order valence-electron chi connectivity index (χ4n) is 2.64. The highest BCUT2D eigenvalue weighted by atomic mass is 32.2. The predicted molar refractivity (Wildman–Crippen MR) is 122 cm³/mol. The predicted octanol–water partition coefficient (Wildman–Crippen LogP) is 4.56. The molecule has 3 rings (SSSR count). The van der Waals surface area contributed by atoms with Crippen LogP contribution in [0.4, 0.5) is 5.69 Å². The summed E-state index contributed by atoms with van der Waals surface area (Å²) >= 11 is 1.40. The molecule has 0 fully saturated rings. The molecule has 0 spiro atoms. The number of hydrogen-bond donors (Lipinski definition) is 1. The van der Waals surface area contributed by atoms with Gasteiger partial charge < -0.3 is 4.74 Å². The Morgan fingerprint density at radius 1 is 1.00 bits per heavy atom.